The first-order valence-corrected chi connectivity index (χ1v) is 14.9. The third-order valence-electron chi connectivity index (χ3n) is 3.26. The van der Waals surface area contributed by atoms with Gasteiger partial charge in [-0.3, -0.25) is 4.99 Å². The fraction of sp³-hybridized carbons (Fsp3) is 0. The number of rotatable bonds is 3. The van der Waals surface area contributed by atoms with E-state index < -0.39 is 0 Å². The molecule has 1 N–H and O–H groups in total. The molecule has 3 aromatic rings. The van der Waals surface area contributed by atoms with Gasteiger partial charge in [-0.2, -0.15) is 0 Å². The average molecular weight is 481 g/mol. The first-order valence-electron chi connectivity index (χ1n) is 7.19. The van der Waals surface area contributed by atoms with E-state index in [0.29, 0.717) is 5.56 Å². The minimum atomic E-state index is 0.125. The number of nitrogens with zero attached hydrogens (tertiary/aromatic N) is 1. The van der Waals surface area contributed by atoms with Gasteiger partial charge < -0.3 is 5.11 Å². The minimum absolute atomic E-state index is 0.125. The van der Waals surface area contributed by atoms with Crippen LogP contribution in [0, 0.1) is 0 Å². The van der Waals surface area contributed by atoms with Crippen LogP contribution in [0.1, 0.15) is 5.56 Å². The van der Waals surface area contributed by atoms with Crippen molar-refractivity contribution in [1.82, 2.24) is 0 Å². The van der Waals surface area contributed by atoms with Crippen LogP contribution in [0.3, 0.4) is 0 Å². The van der Waals surface area contributed by atoms with Crippen LogP contribution in [0.4, 0.5) is 5.69 Å². The molecule has 3 aromatic carbocycles. The summed E-state index contributed by atoms with van der Waals surface area (Å²) in [5, 5.41) is 10.4. The van der Waals surface area contributed by atoms with E-state index in [-0.39, 0.29) is 20.7 Å². The van der Waals surface area contributed by atoms with E-state index in [9.17, 15) is 5.11 Å². The molecule has 0 spiro atoms. The van der Waals surface area contributed by atoms with Gasteiger partial charge in [-0.25, -0.2) is 0 Å². The van der Waals surface area contributed by atoms with Crippen molar-refractivity contribution in [2.45, 2.75) is 0 Å². The average Bonchev–Trinajstić information content (AvgIpc) is 2.63. The number of phenolic OH excluding ortho intramolecular Hbond substituents is 1. The van der Waals surface area contributed by atoms with Gasteiger partial charge in [0.25, 0.3) is 0 Å². The summed E-state index contributed by atoms with van der Waals surface area (Å²) in [6, 6.07) is 25.2. The molecule has 0 aliphatic carbocycles. The molecule has 0 fully saturated rings. The zero-order chi connectivity index (χ0) is 17.2. The molecule has 0 aliphatic heterocycles. The topological polar surface area (TPSA) is 32.6 Å². The Balaban J connectivity index is 0.000000647. The molecule has 0 atom stereocenters. The first-order chi connectivity index (χ1) is 11.8. The van der Waals surface area contributed by atoms with E-state index in [1.54, 1.807) is 6.21 Å². The summed E-state index contributed by atoms with van der Waals surface area (Å²) in [5.74, 6) is 0.253. The fourth-order valence-corrected chi connectivity index (χ4v) is 2.17. The van der Waals surface area contributed by atoms with E-state index >= 15 is 0 Å². The number of hydrogen-bond acceptors (Lipinski definition) is 2. The fourth-order valence-electron chi connectivity index (χ4n) is 2.17. The second-order valence-corrected chi connectivity index (χ2v) is 12.7. The van der Waals surface area contributed by atoms with E-state index in [1.165, 1.54) is 0 Å². The Hall–Kier alpha value is -1.20. The number of benzene rings is 3. The zero-order valence-corrected chi connectivity index (χ0v) is 17.5. The van der Waals surface area contributed by atoms with Crippen LogP contribution in [0.5, 0.6) is 5.75 Å². The van der Waals surface area contributed by atoms with Crippen LogP contribution in [0.25, 0.3) is 11.1 Å². The van der Waals surface area contributed by atoms with Gasteiger partial charge in [-0.15, -0.1) is 0 Å². The number of hydrogen-bond donors (Lipinski definition) is 1. The van der Waals surface area contributed by atoms with Gasteiger partial charge in [0.1, 0.15) is 5.75 Å². The monoisotopic (exact) mass is 479 g/mol. The molecular formula is C19H15Br2NOTi. The Morgan fingerprint density at radius 3 is 2.00 bits per heavy atom. The van der Waals surface area contributed by atoms with Gasteiger partial charge in [0, 0.05) is 17.3 Å². The van der Waals surface area contributed by atoms with Gasteiger partial charge in [0.05, 0.1) is 5.69 Å². The molecule has 24 heavy (non-hydrogen) atoms. The van der Waals surface area contributed by atoms with Crippen LogP contribution in [0.15, 0.2) is 83.9 Å². The molecule has 5 heteroatoms. The van der Waals surface area contributed by atoms with Crippen molar-refractivity contribution in [3.63, 3.8) is 0 Å². The summed E-state index contributed by atoms with van der Waals surface area (Å²) >= 11 is 6.50. The van der Waals surface area contributed by atoms with Crippen LogP contribution >= 0.6 is 26.3 Å². The van der Waals surface area contributed by atoms with Crippen molar-refractivity contribution in [2.75, 3.05) is 0 Å². The molecule has 0 radical (unpaired) electrons. The standard InChI is InChI=1S/C19H15NO.2BrH.Ti/c21-19-16(14-20-17-11-5-2-6-12-17)10-7-13-18(19)15-8-3-1-4-9-15;;;/h1-14,21H;2*1H;/q;;;+2/p-2. The van der Waals surface area contributed by atoms with E-state index in [1.807, 2.05) is 78.9 Å². The number of aliphatic imine (C=N–C) groups is 1. The normalized spacial score (nSPS) is 10.1. The molecule has 2 nitrogen and oxygen atoms in total. The third-order valence-corrected chi connectivity index (χ3v) is 3.26. The maximum absolute atomic E-state index is 10.4. The van der Waals surface area contributed by atoms with E-state index in [2.05, 4.69) is 31.3 Å². The number of phenols is 1. The Kier molecular flexibility index (Phi) is 8.47. The molecule has 0 unspecified atom stereocenters. The summed E-state index contributed by atoms with van der Waals surface area (Å²) in [6.45, 7) is 0. The molecule has 120 valence electrons. The predicted octanol–water partition coefficient (Wildman–Crippen LogP) is 6.50. The van der Waals surface area contributed by atoms with Crippen molar-refractivity contribution < 1.29 is 20.1 Å². The van der Waals surface area contributed by atoms with Crippen molar-refractivity contribution in [2.24, 2.45) is 4.99 Å². The van der Waals surface area contributed by atoms with Crippen molar-refractivity contribution >= 4 is 38.2 Å². The van der Waals surface area contributed by atoms with E-state index in [0.717, 1.165) is 16.8 Å². The number of aromatic hydroxyl groups is 1. The van der Waals surface area contributed by atoms with Gasteiger partial charge >= 0.3 is 41.3 Å². The van der Waals surface area contributed by atoms with Crippen molar-refractivity contribution in [1.29, 1.82) is 0 Å². The second kappa shape index (κ2) is 10.6. The van der Waals surface area contributed by atoms with Gasteiger partial charge in [0.15, 0.2) is 0 Å². The molecule has 0 amide bonds. The molecule has 3 rings (SSSR count). The van der Waals surface area contributed by atoms with Gasteiger partial charge in [-0.1, -0.05) is 60.7 Å². The Labute approximate surface area is 163 Å². The number of halogens is 2. The second-order valence-electron chi connectivity index (χ2n) is 4.77. The Morgan fingerprint density at radius 1 is 0.792 bits per heavy atom. The van der Waals surface area contributed by atoms with Crippen molar-refractivity contribution in [3.8, 4) is 16.9 Å². The first kappa shape index (κ1) is 19.1. The molecule has 0 aliphatic rings. The van der Waals surface area contributed by atoms with E-state index in [4.69, 9.17) is 0 Å². The summed E-state index contributed by atoms with van der Waals surface area (Å²) in [4.78, 5) is 4.39. The van der Waals surface area contributed by atoms with Crippen LogP contribution < -0.4 is 0 Å². The van der Waals surface area contributed by atoms with Crippen LogP contribution in [-0.4, -0.2) is 11.3 Å². The Bertz CT molecular complexity index is 780. The van der Waals surface area contributed by atoms with Crippen LogP contribution in [0.2, 0.25) is 0 Å². The molecule has 0 saturated carbocycles. The third kappa shape index (κ3) is 5.71. The number of para-hydroxylation sites is 2. The zero-order valence-electron chi connectivity index (χ0n) is 12.7. The molecule has 0 aromatic heterocycles. The maximum atomic E-state index is 10.4. The SMILES string of the molecule is Oc1c(C=Nc2ccccc2)cccc1-c1ccccc1.[Br][Ti][Br]. The van der Waals surface area contributed by atoms with Gasteiger partial charge in [-0.05, 0) is 23.8 Å². The molecule has 0 bridgehead atoms. The summed E-state index contributed by atoms with van der Waals surface area (Å²) in [6.07, 6.45) is 1.69. The summed E-state index contributed by atoms with van der Waals surface area (Å²) in [5.41, 5.74) is 3.37. The summed E-state index contributed by atoms with van der Waals surface area (Å²) < 4.78 is 0. The predicted molar refractivity (Wildman–Crippen MR) is 105 cm³/mol. The quantitative estimate of drug-likeness (QED) is 0.337. The molecular weight excluding hydrogens is 466 g/mol. The molecule has 0 heterocycles. The van der Waals surface area contributed by atoms with Crippen molar-refractivity contribution in [3.05, 3.63) is 84.4 Å². The molecule has 0 saturated heterocycles. The summed E-state index contributed by atoms with van der Waals surface area (Å²) in [7, 11) is 0. The van der Waals surface area contributed by atoms with Gasteiger partial charge in [0.2, 0.25) is 0 Å². The van der Waals surface area contributed by atoms with Crippen LogP contribution in [-0.2, 0) is 15.0 Å². The Morgan fingerprint density at radius 2 is 1.38 bits per heavy atom.